The van der Waals surface area contributed by atoms with E-state index in [2.05, 4.69) is 30.8 Å². The molecule has 0 spiro atoms. The van der Waals surface area contributed by atoms with Crippen molar-refractivity contribution < 1.29 is 0 Å². The van der Waals surface area contributed by atoms with Crippen molar-refractivity contribution in [3.63, 3.8) is 0 Å². The van der Waals surface area contributed by atoms with Gasteiger partial charge in [0.1, 0.15) is 0 Å². The third-order valence-corrected chi connectivity index (χ3v) is 4.63. The first kappa shape index (κ1) is 14.1. The van der Waals surface area contributed by atoms with Crippen LogP contribution in [0.1, 0.15) is 71.6 Å². The number of rotatable bonds is 7. The summed E-state index contributed by atoms with van der Waals surface area (Å²) in [5.74, 6) is 0.903. The molecule has 2 atom stereocenters. The van der Waals surface area contributed by atoms with Gasteiger partial charge in [0.25, 0.3) is 0 Å². The Morgan fingerprint density at radius 1 is 1.22 bits per heavy atom. The molecule has 2 nitrogen and oxygen atoms in total. The van der Waals surface area contributed by atoms with E-state index in [1.54, 1.807) is 5.57 Å². The molecule has 0 aromatic rings. The molecule has 0 heterocycles. The Hall–Kier alpha value is -0.340. The smallest absolute Gasteiger partial charge is 0.0238 e. The lowest BCUT2D eigenvalue weighted by molar-refractivity contribution is 0.290. The fourth-order valence-corrected chi connectivity index (χ4v) is 3.53. The lowest BCUT2D eigenvalue weighted by Gasteiger charge is -2.26. The Morgan fingerprint density at radius 3 is 2.61 bits per heavy atom. The maximum Gasteiger partial charge on any atom is 0.0238 e. The molecule has 2 N–H and O–H groups in total. The molecule has 2 rings (SSSR count). The molecular formula is C16H30N2. The van der Waals surface area contributed by atoms with Gasteiger partial charge in [-0.25, -0.2) is 0 Å². The molecule has 0 radical (unpaired) electrons. The molecule has 2 aliphatic carbocycles. The SMILES string of the molecule is CCC(NNC(C)CC1=CCCC1)C1CCCC1. The molecule has 1 fully saturated rings. The quantitative estimate of drug-likeness (QED) is 0.528. The van der Waals surface area contributed by atoms with Crippen LogP contribution in [-0.4, -0.2) is 12.1 Å². The molecule has 2 unspecified atom stereocenters. The summed E-state index contributed by atoms with van der Waals surface area (Å²) in [6, 6.07) is 1.23. The molecule has 0 aromatic heterocycles. The topological polar surface area (TPSA) is 24.1 Å². The third-order valence-electron chi connectivity index (χ3n) is 4.63. The highest BCUT2D eigenvalue weighted by molar-refractivity contribution is 5.08. The van der Waals surface area contributed by atoms with E-state index >= 15 is 0 Å². The zero-order chi connectivity index (χ0) is 12.8. The van der Waals surface area contributed by atoms with Crippen molar-refractivity contribution in [2.45, 2.75) is 83.7 Å². The van der Waals surface area contributed by atoms with Gasteiger partial charge in [-0.05, 0) is 57.8 Å². The van der Waals surface area contributed by atoms with Gasteiger partial charge in [0.2, 0.25) is 0 Å². The van der Waals surface area contributed by atoms with Gasteiger partial charge in [-0.2, -0.15) is 0 Å². The lowest BCUT2D eigenvalue weighted by atomic mass is 9.97. The van der Waals surface area contributed by atoms with Crippen molar-refractivity contribution in [3.8, 4) is 0 Å². The van der Waals surface area contributed by atoms with Gasteiger partial charge in [0.05, 0.1) is 0 Å². The summed E-state index contributed by atoms with van der Waals surface area (Å²) >= 11 is 0. The minimum Gasteiger partial charge on any atom is -0.254 e. The van der Waals surface area contributed by atoms with E-state index < -0.39 is 0 Å². The van der Waals surface area contributed by atoms with E-state index in [0.717, 1.165) is 5.92 Å². The van der Waals surface area contributed by atoms with Gasteiger partial charge < -0.3 is 0 Å². The highest BCUT2D eigenvalue weighted by atomic mass is 15.4. The van der Waals surface area contributed by atoms with Gasteiger partial charge in [0.15, 0.2) is 0 Å². The minimum absolute atomic E-state index is 0.560. The van der Waals surface area contributed by atoms with Gasteiger partial charge >= 0.3 is 0 Å². The first-order chi connectivity index (χ1) is 8.79. The highest BCUT2D eigenvalue weighted by Crippen LogP contribution is 2.28. The van der Waals surface area contributed by atoms with Crippen molar-refractivity contribution in [2.75, 3.05) is 0 Å². The number of hydrazine groups is 1. The van der Waals surface area contributed by atoms with Crippen LogP contribution >= 0.6 is 0 Å². The van der Waals surface area contributed by atoms with Crippen LogP contribution in [0, 0.1) is 5.92 Å². The molecule has 2 aliphatic rings. The van der Waals surface area contributed by atoms with Gasteiger partial charge in [-0.15, -0.1) is 0 Å². The first-order valence-electron chi connectivity index (χ1n) is 7.98. The summed E-state index contributed by atoms with van der Waals surface area (Å²) < 4.78 is 0. The molecule has 18 heavy (non-hydrogen) atoms. The van der Waals surface area contributed by atoms with Gasteiger partial charge in [-0.1, -0.05) is 31.4 Å². The van der Waals surface area contributed by atoms with Crippen LogP contribution in [0.25, 0.3) is 0 Å². The van der Waals surface area contributed by atoms with Crippen molar-refractivity contribution >= 4 is 0 Å². The fourth-order valence-electron chi connectivity index (χ4n) is 3.53. The molecule has 0 aromatic carbocycles. The van der Waals surface area contributed by atoms with Gasteiger partial charge in [-0.3, -0.25) is 10.9 Å². The molecule has 104 valence electrons. The average molecular weight is 250 g/mol. The van der Waals surface area contributed by atoms with Crippen molar-refractivity contribution in [2.24, 2.45) is 5.92 Å². The van der Waals surface area contributed by atoms with E-state index in [4.69, 9.17) is 0 Å². The first-order valence-corrected chi connectivity index (χ1v) is 7.98. The summed E-state index contributed by atoms with van der Waals surface area (Å²) in [5.41, 5.74) is 8.81. The molecule has 0 bridgehead atoms. The summed E-state index contributed by atoms with van der Waals surface area (Å²) in [7, 11) is 0. The standard InChI is InChI=1S/C16H30N2/c1-3-16(15-10-6-7-11-15)18-17-13(2)12-14-8-4-5-9-14/h8,13,15-18H,3-7,9-12H2,1-2H3. The second-order valence-electron chi connectivity index (χ2n) is 6.21. The van der Waals surface area contributed by atoms with E-state index in [-0.39, 0.29) is 0 Å². The minimum atomic E-state index is 0.560. The molecule has 0 aliphatic heterocycles. The Morgan fingerprint density at radius 2 is 2.00 bits per heavy atom. The molecule has 0 saturated heterocycles. The average Bonchev–Trinajstić information content (AvgIpc) is 3.02. The normalized spacial score (nSPS) is 24.2. The molecule has 2 heteroatoms. The second kappa shape index (κ2) is 7.30. The molecule has 0 amide bonds. The number of nitrogens with one attached hydrogen (secondary N) is 2. The van der Waals surface area contributed by atoms with Crippen LogP contribution < -0.4 is 10.9 Å². The van der Waals surface area contributed by atoms with Crippen molar-refractivity contribution in [1.82, 2.24) is 10.9 Å². The number of hydrogen-bond donors (Lipinski definition) is 2. The Kier molecular flexibility index (Phi) is 5.71. The third kappa shape index (κ3) is 4.10. The summed E-state index contributed by atoms with van der Waals surface area (Å²) in [5, 5.41) is 0. The van der Waals surface area contributed by atoms with Crippen LogP contribution in [0.15, 0.2) is 11.6 Å². The molecule has 1 saturated carbocycles. The maximum absolute atomic E-state index is 3.61. The largest absolute Gasteiger partial charge is 0.254 e. The zero-order valence-electron chi connectivity index (χ0n) is 12.2. The monoisotopic (exact) mass is 250 g/mol. The van der Waals surface area contributed by atoms with E-state index in [1.165, 1.54) is 57.8 Å². The van der Waals surface area contributed by atoms with Crippen LogP contribution in [0.4, 0.5) is 0 Å². The van der Waals surface area contributed by atoms with Crippen LogP contribution in [-0.2, 0) is 0 Å². The Bertz CT molecular complexity index is 266. The fraction of sp³-hybridized carbons (Fsp3) is 0.875. The Balaban J connectivity index is 1.68. The van der Waals surface area contributed by atoms with Crippen LogP contribution in [0.3, 0.4) is 0 Å². The second-order valence-corrected chi connectivity index (χ2v) is 6.21. The van der Waals surface area contributed by atoms with Gasteiger partial charge in [0, 0.05) is 12.1 Å². The lowest BCUT2D eigenvalue weighted by Crippen LogP contribution is -2.48. The number of hydrogen-bond acceptors (Lipinski definition) is 2. The predicted molar refractivity (Wildman–Crippen MR) is 78.3 cm³/mol. The van der Waals surface area contributed by atoms with E-state index in [9.17, 15) is 0 Å². The van der Waals surface area contributed by atoms with E-state index in [0.29, 0.717) is 12.1 Å². The molecular weight excluding hydrogens is 220 g/mol. The van der Waals surface area contributed by atoms with Crippen LogP contribution in [0.5, 0.6) is 0 Å². The zero-order valence-corrected chi connectivity index (χ0v) is 12.2. The summed E-state index contributed by atoms with van der Waals surface area (Å²) in [6.45, 7) is 4.61. The van der Waals surface area contributed by atoms with Crippen molar-refractivity contribution in [1.29, 1.82) is 0 Å². The van der Waals surface area contributed by atoms with Crippen molar-refractivity contribution in [3.05, 3.63) is 11.6 Å². The number of allylic oxidation sites excluding steroid dienone is 1. The van der Waals surface area contributed by atoms with E-state index in [1.807, 2.05) is 0 Å². The highest BCUT2D eigenvalue weighted by Gasteiger charge is 2.23. The summed E-state index contributed by atoms with van der Waals surface area (Å²) in [6.07, 6.45) is 14.6. The summed E-state index contributed by atoms with van der Waals surface area (Å²) in [4.78, 5) is 0. The van der Waals surface area contributed by atoms with Crippen LogP contribution in [0.2, 0.25) is 0 Å². The predicted octanol–water partition coefficient (Wildman–Crippen LogP) is 3.94. The Labute approximate surface area is 113 Å². The maximum atomic E-state index is 3.61.